The molecule has 188 valence electrons. The van der Waals surface area contributed by atoms with E-state index in [0.717, 1.165) is 58.4 Å². The van der Waals surface area contributed by atoms with E-state index >= 15 is 0 Å². The van der Waals surface area contributed by atoms with Crippen molar-refractivity contribution in [3.63, 3.8) is 0 Å². The first-order valence-electron chi connectivity index (χ1n) is 12.2. The Morgan fingerprint density at radius 3 is 2.14 bits per heavy atom. The van der Waals surface area contributed by atoms with Gasteiger partial charge in [0.15, 0.2) is 0 Å². The summed E-state index contributed by atoms with van der Waals surface area (Å²) in [5, 5.41) is 9.19. The fourth-order valence-electron chi connectivity index (χ4n) is 4.71. The molecule has 1 heterocycles. The normalized spacial score (nSPS) is 14.1. The second kappa shape index (κ2) is 11.5. The lowest BCUT2D eigenvalue weighted by Gasteiger charge is -2.17. The van der Waals surface area contributed by atoms with E-state index in [4.69, 9.17) is 19.6 Å². The zero-order valence-corrected chi connectivity index (χ0v) is 21.8. The smallest absolute Gasteiger partial charge is 0.136 e. The molecule has 0 radical (unpaired) electrons. The average molecular weight is 511 g/mol. The van der Waals surface area contributed by atoms with Crippen molar-refractivity contribution >= 4 is 29.4 Å². The Kier molecular flexibility index (Phi) is 7.73. The van der Waals surface area contributed by atoms with Crippen LogP contribution in [0.2, 0.25) is 0 Å². The molecule has 0 saturated heterocycles. The van der Waals surface area contributed by atoms with Gasteiger partial charge in [-0.1, -0.05) is 36.4 Å². The van der Waals surface area contributed by atoms with Gasteiger partial charge < -0.3 is 14.8 Å². The number of allylic oxidation sites excluding steroid dienone is 1. The van der Waals surface area contributed by atoms with Crippen LogP contribution in [0.4, 0.5) is 5.82 Å². The maximum atomic E-state index is 5.64. The standard InChI is InChI=1S/C30H30N4O2S/c1-35-23-9-3-21(4-10-23)17-27-26(22-7-11-24(36-2)12-8-22)18-28-29(27)33-19-34-30(28)32-16-15-20-5-13-25(37-31)14-6-20/h3-14,18-19,27H,15-17,31H2,1-2H3,(H,32,33,34). The lowest BCUT2D eigenvalue weighted by Crippen LogP contribution is -2.10. The van der Waals surface area contributed by atoms with Gasteiger partial charge in [0.05, 0.1) is 19.9 Å². The Hall–Kier alpha value is -3.81. The maximum Gasteiger partial charge on any atom is 0.136 e. The van der Waals surface area contributed by atoms with Crippen LogP contribution in [0.15, 0.2) is 84.0 Å². The third-order valence-corrected chi connectivity index (χ3v) is 7.25. The molecule has 37 heavy (non-hydrogen) atoms. The summed E-state index contributed by atoms with van der Waals surface area (Å²) >= 11 is 1.26. The van der Waals surface area contributed by atoms with Gasteiger partial charge in [0, 0.05) is 22.9 Å². The number of ether oxygens (including phenoxy) is 2. The van der Waals surface area contributed by atoms with E-state index < -0.39 is 0 Å². The molecule has 0 amide bonds. The number of aromatic nitrogens is 2. The van der Waals surface area contributed by atoms with E-state index in [1.165, 1.54) is 28.6 Å². The fraction of sp³-hybridized carbons (Fsp3) is 0.200. The molecule has 1 unspecified atom stereocenters. The van der Waals surface area contributed by atoms with Crippen LogP contribution in [-0.4, -0.2) is 30.7 Å². The molecule has 0 spiro atoms. The quantitative estimate of drug-likeness (QED) is 0.253. The number of methoxy groups -OCH3 is 2. The van der Waals surface area contributed by atoms with Gasteiger partial charge in [0.1, 0.15) is 23.6 Å². The topological polar surface area (TPSA) is 82.3 Å². The molecular weight excluding hydrogens is 480 g/mol. The fourth-order valence-corrected chi connectivity index (χ4v) is 5.00. The third kappa shape index (κ3) is 5.63. The molecule has 3 aromatic carbocycles. The van der Waals surface area contributed by atoms with E-state index in [2.05, 4.69) is 64.9 Å². The van der Waals surface area contributed by atoms with Crippen LogP contribution in [0.1, 0.15) is 33.9 Å². The molecule has 0 fully saturated rings. The first-order chi connectivity index (χ1) is 18.2. The predicted octanol–water partition coefficient (Wildman–Crippen LogP) is 5.99. The van der Waals surface area contributed by atoms with E-state index in [1.54, 1.807) is 20.5 Å². The summed E-state index contributed by atoms with van der Waals surface area (Å²) in [7, 11) is 3.37. The Labute approximate surface area is 222 Å². The molecule has 4 aromatic rings. The number of hydrogen-bond donors (Lipinski definition) is 2. The van der Waals surface area contributed by atoms with Gasteiger partial charge >= 0.3 is 0 Å². The summed E-state index contributed by atoms with van der Waals surface area (Å²) in [4.78, 5) is 10.4. The van der Waals surface area contributed by atoms with Crippen molar-refractivity contribution in [2.24, 2.45) is 5.14 Å². The van der Waals surface area contributed by atoms with Crippen molar-refractivity contribution < 1.29 is 9.47 Å². The van der Waals surface area contributed by atoms with Crippen molar-refractivity contribution in [1.29, 1.82) is 0 Å². The Morgan fingerprint density at radius 1 is 0.838 bits per heavy atom. The lowest BCUT2D eigenvalue weighted by atomic mass is 9.88. The van der Waals surface area contributed by atoms with Gasteiger partial charge in [0.25, 0.3) is 0 Å². The summed E-state index contributed by atoms with van der Waals surface area (Å²) in [6, 6.07) is 24.8. The first kappa shape index (κ1) is 24.9. The number of nitrogens with zero attached hydrogens (tertiary/aromatic N) is 2. The van der Waals surface area contributed by atoms with Crippen LogP contribution >= 0.6 is 11.9 Å². The molecule has 7 heteroatoms. The number of nitrogens with two attached hydrogens (primary N) is 1. The summed E-state index contributed by atoms with van der Waals surface area (Å²) in [6.07, 6.45) is 5.62. The highest BCUT2D eigenvalue weighted by Gasteiger charge is 2.30. The van der Waals surface area contributed by atoms with Crippen molar-refractivity contribution in [2.75, 3.05) is 26.1 Å². The van der Waals surface area contributed by atoms with Crippen LogP contribution < -0.4 is 19.9 Å². The summed E-state index contributed by atoms with van der Waals surface area (Å²) in [6.45, 7) is 0.771. The van der Waals surface area contributed by atoms with Gasteiger partial charge in [-0.3, -0.25) is 5.14 Å². The van der Waals surface area contributed by atoms with E-state index in [1.807, 2.05) is 24.3 Å². The second-order valence-corrected chi connectivity index (χ2v) is 9.60. The molecular formula is C30H30N4O2S. The lowest BCUT2D eigenvalue weighted by molar-refractivity contribution is 0.414. The van der Waals surface area contributed by atoms with Crippen LogP contribution in [0.25, 0.3) is 11.6 Å². The summed E-state index contributed by atoms with van der Waals surface area (Å²) in [5.74, 6) is 2.67. The predicted molar refractivity (Wildman–Crippen MR) is 151 cm³/mol. The molecule has 1 atom stereocenters. The molecule has 0 saturated carbocycles. The Bertz CT molecular complexity index is 1370. The SMILES string of the molecule is COc1ccc(CC2C(c3ccc(OC)cc3)=Cc3c(NCCc4ccc(SN)cc4)ncnc32)cc1. The molecule has 1 aliphatic rings. The molecule has 0 bridgehead atoms. The maximum absolute atomic E-state index is 5.64. The number of benzene rings is 3. The van der Waals surface area contributed by atoms with Gasteiger partial charge in [0.2, 0.25) is 0 Å². The van der Waals surface area contributed by atoms with Crippen LogP contribution in [0.5, 0.6) is 11.5 Å². The van der Waals surface area contributed by atoms with Crippen LogP contribution in [-0.2, 0) is 12.8 Å². The minimum atomic E-state index is 0.113. The van der Waals surface area contributed by atoms with Crippen molar-refractivity contribution in [2.45, 2.75) is 23.7 Å². The number of hydrogen-bond acceptors (Lipinski definition) is 7. The zero-order chi connectivity index (χ0) is 25.6. The van der Waals surface area contributed by atoms with Gasteiger partial charge in [-0.05, 0) is 89.5 Å². The highest BCUT2D eigenvalue weighted by Crippen LogP contribution is 2.45. The van der Waals surface area contributed by atoms with Crippen molar-refractivity contribution in [3.05, 3.63) is 107 Å². The molecule has 1 aliphatic carbocycles. The monoisotopic (exact) mass is 510 g/mol. The third-order valence-electron chi connectivity index (χ3n) is 6.71. The number of rotatable bonds is 10. The van der Waals surface area contributed by atoms with Crippen LogP contribution in [0, 0.1) is 0 Å². The molecule has 1 aromatic heterocycles. The second-order valence-electron chi connectivity index (χ2n) is 8.89. The zero-order valence-electron chi connectivity index (χ0n) is 21.0. The summed E-state index contributed by atoms with van der Waals surface area (Å²) in [5.41, 5.74) is 6.96. The van der Waals surface area contributed by atoms with E-state index in [-0.39, 0.29) is 5.92 Å². The number of anilines is 1. The highest BCUT2D eigenvalue weighted by molar-refractivity contribution is 7.97. The highest BCUT2D eigenvalue weighted by atomic mass is 32.2. The largest absolute Gasteiger partial charge is 0.497 e. The van der Waals surface area contributed by atoms with Crippen molar-refractivity contribution in [1.82, 2.24) is 9.97 Å². The average Bonchev–Trinajstić information content (AvgIpc) is 3.33. The van der Waals surface area contributed by atoms with Crippen molar-refractivity contribution in [3.8, 4) is 11.5 Å². The number of nitrogens with one attached hydrogen (secondary N) is 1. The minimum absolute atomic E-state index is 0.113. The van der Waals surface area contributed by atoms with E-state index in [0.29, 0.717) is 0 Å². The van der Waals surface area contributed by atoms with E-state index in [9.17, 15) is 0 Å². The molecule has 3 N–H and O–H groups in total. The Balaban J connectivity index is 1.41. The molecule has 5 rings (SSSR count). The Morgan fingerprint density at radius 2 is 1.49 bits per heavy atom. The van der Waals surface area contributed by atoms with Crippen LogP contribution in [0.3, 0.4) is 0 Å². The van der Waals surface area contributed by atoms with Gasteiger partial charge in [-0.2, -0.15) is 0 Å². The van der Waals surface area contributed by atoms with Gasteiger partial charge in [-0.25, -0.2) is 9.97 Å². The molecule has 0 aliphatic heterocycles. The molecule has 6 nitrogen and oxygen atoms in total. The summed E-state index contributed by atoms with van der Waals surface area (Å²) < 4.78 is 10.7. The minimum Gasteiger partial charge on any atom is -0.497 e. The van der Waals surface area contributed by atoms with Gasteiger partial charge in [-0.15, -0.1) is 0 Å². The first-order valence-corrected chi connectivity index (χ1v) is 13.1. The number of fused-ring (bicyclic) bond motifs is 1.